The molecule has 3 heterocycles. The number of aromatic nitrogens is 2. The first-order chi connectivity index (χ1) is 19.4. The molecule has 4 aliphatic rings. The van der Waals surface area contributed by atoms with Crippen LogP contribution in [0.15, 0.2) is 34.2 Å². The smallest absolute Gasteiger partial charge is 0.344 e. The number of fused-ring (bicyclic) bond motifs is 5. The highest BCUT2D eigenvalue weighted by atomic mass is 16.6. The highest BCUT2D eigenvalue weighted by Crippen LogP contribution is 2.47. The molecular weight excluding hydrogens is 510 g/mol. The van der Waals surface area contributed by atoms with E-state index in [-0.39, 0.29) is 11.7 Å². The second kappa shape index (κ2) is 11.3. The fourth-order valence-electron chi connectivity index (χ4n) is 8.33. The molecule has 4 bridgehead atoms. The number of para-hydroxylation sites is 2. The van der Waals surface area contributed by atoms with Crippen LogP contribution in [0, 0.1) is 11.8 Å². The van der Waals surface area contributed by atoms with Gasteiger partial charge in [-0.25, -0.2) is 9.78 Å². The number of oxime groups is 1. The van der Waals surface area contributed by atoms with Gasteiger partial charge in [-0.2, -0.15) is 0 Å². The molecule has 6 rings (SSSR count). The van der Waals surface area contributed by atoms with Crippen molar-refractivity contribution in [2.75, 3.05) is 6.61 Å². The Morgan fingerprint density at radius 2 is 1.60 bits per heavy atom. The normalized spacial score (nSPS) is 30.9. The van der Waals surface area contributed by atoms with Crippen molar-refractivity contribution >= 4 is 28.6 Å². The van der Waals surface area contributed by atoms with Gasteiger partial charge in [0.2, 0.25) is 6.61 Å². The number of carbonyl (C=O) groups excluding carboxylic acids is 1. The Hall–Kier alpha value is -3.27. The van der Waals surface area contributed by atoms with Crippen LogP contribution < -0.4 is 11.3 Å². The molecule has 4 fully saturated rings. The highest BCUT2D eigenvalue weighted by molar-refractivity contribution is 6.44. The van der Waals surface area contributed by atoms with Crippen LogP contribution in [-0.2, 0) is 14.4 Å². The van der Waals surface area contributed by atoms with Gasteiger partial charge in [0.1, 0.15) is 0 Å². The minimum atomic E-state index is -1.26. The third-order valence-electron chi connectivity index (χ3n) is 9.74. The number of nitrogens with two attached hydrogens (primary N) is 1. The van der Waals surface area contributed by atoms with Crippen LogP contribution in [0.4, 0.5) is 0 Å². The Balaban J connectivity index is 1.35. The summed E-state index contributed by atoms with van der Waals surface area (Å²) in [6.07, 6.45) is 14.8. The van der Waals surface area contributed by atoms with Crippen LogP contribution in [0.1, 0.15) is 88.8 Å². The number of carboxylic acids is 1. The summed E-state index contributed by atoms with van der Waals surface area (Å²) < 4.78 is 1.79. The second-order valence-corrected chi connectivity index (χ2v) is 12.3. The Morgan fingerprint density at radius 3 is 2.25 bits per heavy atom. The van der Waals surface area contributed by atoms with E-state index in [1.165, 1.54) is 51.4 Å². The molecule has 0 spiro atoms. The molecule has 6 atom stereocenters. The molecule has 2 aliphatic carbocycles. The first kappa shape index (κ1) is 26.9. The number of nitrogens with zero attached hydrogens (tertiary/aromatic N) is 4. The van der Waals surface area contributed by atoms with E-state index in [1.807, 2.05) is 18.2 Å². The average Bonchev–Trinajstić information content (AvgIpc) is 3.09. The topological polar surface area (TPSA) is 140 Å². The minimum absolute atomic E-state index is 0.0503. The van der Waals surface area contributed by atoms with Crippen molar-refractivity contribution in [3.8, 4) is 0 Å². The minimum Gasteiger partial charge on any atom is -0.479 e. The zero-order chi connectivity index (χ0) is 27.8. The van der Waals surface area contributed by atoms with Gasteiger partial charge in [0.05, 0.1) is 11.0 Å². The Kier molecular flexibility index (Phi) is 7.61. The fourth-order valence-corrected chi connectivity index (χ4v) is 8.33. The molecule has 0 radical (unpaired) electrons. The number of piperidine rings is 2. The fraction of sp³-hybridized carbons (Fsp3) is 0.633. The van der Waals surface area contributed by atoms with Crippen molar-refractivity contribution in [2.45, 2.75) is 101 Å². The number of benzene rings is 1. The lowest BCUT2D eigenvalue weighted by atomic mass is 9.73. The van der Waals surface area contributed by atoms with Gasteiger partial charge in [0.25, 0.3) is 11.5 Å². The van der Waals surface area contributed by atoms with Crippen LogP contribution in [0.3, 0.4) is 0 Å². The molecule has 1 aromatic carbocycles. The maximum absolute atomic E-state index is 14.0. The maximum atomic E-state index is 14.0. The standard InChI is InChI=1S/C30H39N5O5/c31-29(38)27(33-40-17-26(36)37)28-30(39)35(25-11-4-3-10-24(25)32-28)23-15-20-8-5-9-21(16-23)34(20)22-13-18-6-1-2-7-19(12-18)14-22/h3-4,10-11,18-23H,1-2,5-9,12-17H2,(H2,31,38)(H,36,37)/t18-,19+,20-,21+,22?,23?. The maximum Gasteiger partial charge on any atom is 0.344 e. The monoisotopic (exact) mass is 549 g/mol. The predicted octanol–water partition coefficient (Wildman–Crippen LogP) is 3.60. The largest absolute Gasteiger partial charge is 0.479 e. The van der Waals surface area contributed by atoms with Gasteiger partial charge in [-0.15, -0.1) is 0 Å². The third-order valence-corrected chi connectivity index (χ3v) is 9.74. The summed E-state index contributed by atoms with van der Waals surface area (Å²) in [6.45, 7) is -0.761. The molecule has 10 heteroatoms. The summed E-state index contributed by atoms with van der Waals surface area (Å²) in [5, 5.41) is 12.5. The van der Waals surface area contributed by atoms with E-state index in [2.05, 4.69) is 15.0 Å². The van der Waals surface area contributed by atoms with Gasteiger partial charge in [0, 0.05) is 24.2 Å². The van der Waals surface area contributed by atoms with Gasteiger partial charge >= 0.3 is 5.97 Å². The number of carbonyl (C=O) groups is 2. The summed E-state index contributed by atoms with van der Waals surface area (Å²) in [7, 11) is 0. The van der Waals surface area contributed by atoms with Crippen LogP contribution >= 0.6 is 0 Å². The number of hydrogen-bond donors (Lipinski definition) is 2. The van der Waals surface area contributed by atoms with E-state index in [1.54, 1.807) is 10.6 Å². The van der Waals surface area contributed by atoms with E-state index in [9.17, 15) is 14.4 Å². The zero-order valence-corrected chi connectivity index (χ0v) is 22.9. The van der Waals surface area contributed by atoms with Crippen LogP contribution in [0.5, 0.6) is 0 Å². The van der Waals surface area contributed by atoms with Gasteiger partial charge in [-0.05, 0) is 68.9 Å². The first-order valence-corrected chi connectivity index (χ1v) is 14.9. The van der Waals surface area contributed by atoms with E-state index in [0.29, 0.717) is 29.2 Å². The van der Waals surface area contributed by atoms with Crippen LogP contribution in [0.25, 0.3) is 11.0 Å². The van der Waals surface area contributed by atoms with Crippen LogP contribution in [0.2, 0.25) is 0 Å². The van der Waals surface area contributed by atoms with Crippen molar-refractivity contribution in [1.82, 2.24) is 14.5 Å². The first-order valence-electron chi connectivity index (χ1n) is 14.9. The molecule has 1 amide bonds. The third kappa shape index (κ3) is 5.25. The number of carboxylic acid groups (broad SMARTS) is 1. The molecule has 214 valence electrons. The van der Waals surface area contributed by atoms with Crippen molar-refractivity contribution in [3.05, 3.63) is 40.3 Å². The van der Waals surface area contributed by atoms with Gasteiger partial charge < -0.3 is 20.2 Å². The number of hydrogen-bond acceptors (Lipinski definition) is 7. The molecule has 3 N–H and O–H groups in total. The van der Waals surface area contributed by atoms with Gasteiger partial charge in [0.15, 0.2) is 11.4 Å². The van der Waals surface area contributed by atoms with Crippen LogP contribution in [-0.4, -0.2) is 61.9 Å². The van der Waals surface area contributed by atoms with Crippen molar-refractivity contribution < 1.29 is 19.5 Å². The molecular formula is C30H39N5O5. The molecule has 40 heavy (non-hydrogen) atoms. The lowest BCUT2D eigenvalue weighted by molar-refractivity contribution is -0.142. The number of primary amides is 1. The molecule has 2 saturated heterocycles. The summed E-state index contributed by atoms with van der Waals surface area (Å²) >= 11 is 0. The van der Waals surface area contributed by atoms with Crippen molar-refractivity contribution in [3.63, 3.8) is 0 Å². The Bertz CT molecular complexity index is 1340. The Labute approximate surface area is 233 Å². The summed E-state index contributed by atoms with van der Waals surface area (Å²) in [5.74, 6) is -0.544. The molecule has 2 unspecified atom stereocenters. The summed E-state index contributed by atoms with van der Waals surface area (Å²) in [5.41, 5.74) is 5.70. The predicted molar refractivity (Wildman–Crippen MR) is 150 cm³/mol. The van der Waals surface area contributed by atoms with Crippen molar-refractivity contribution in [1.29, 1.82) is 0 Å². The van der Waals surface area contributed by atoms with E-state index in [4.69, 9.17) is 15.7 Å². The summed E-state index contributed by atoms with van der Waals surface area (Å²) in [4.78, 5) is 49.3. The SMILES string of the molecule is NC(=O)C(=NOCC(=O)O)c1nc2ccccc2n(C2C[C@H]3CCC[C@@H](C2)N3C2C[C@H]3CCCC[C@@H](C2)C3)c1=O. The lowest BCUT2D eigenvalue weighted by Crippen LogP contribution is -2.58. The van der Waals surface area contributed by atoms with E-state index in [0.717, 1.165) is 37.5 Å². The average molecular weight is 550 g/mol. The van der Waals surface area contributed by atoms with Crippen molar-refractivity contribution in [2.24, 2.45) is 22.7 Å². The van der Waals surface area contributed by atoms with E-state index < -0.39 is 29.8 Å². The number of rotatable bonds is 7. The molecule has 2 aromatic rings. The quantitative estimate of drug-likeness (QED) is 0.397. The second-order valence-electron chi connectivity index (χ2n) is 12.3. The highest BCUT2D eigenvalue weighted by Gasteiger charge is 2.45. The molecule has 1 aromatic heterocycles. The lowest BCUT2D eigenvalue weighted by Gasteiger charge is -2.54. The molecule has 10 nitrogen and oxygen atoms in total. The number of aliphatic carboxylic acids is 1. The molecule has 2 saturated carbocycles. The zero-order valence-electron chi connectivity index (χ0n) is 22.9. The molecule has 2 aliphatic heterocycles. The van der Waals surface area contributed by atoms with Gasteiger partial charge in [-0.3, -0.25) is 14.5 Å². The van der Waals surface area contributed by atoms with E-state index >= 15 is 0 Å². The van der Waals surface area contributed by atoms with Gasteiger partial charge in [-0.1, -0.05) is 49.4 Å². The number of amides is 1. The summed E-state index contributed by atoms with van der Waals surface area (Å²) in [6, 6.07) is 8.84. The Morgan fingerprint density at radius 1 is 0.925 bits per heavy atom.